The number of carbonyl (C=O) groups is 2. The number of halogens is 1. The Morgan fingerprint density at radius 3 is 2.28 bits per heavy atom. The van der Waals surface area contributed by atoms with E-state index >= 15 is 0 Å². The van der Waals surface area contributed by atoms with E-state index in [9.17, 15) is 9.59 Å². The van der Waals surface area contributed by atoms with Crippen LogP contribution in [0.1, 0.15) is 27.8 Å². The minimum absolute atomic E-state index is 0.272. The number of benzene rings is 3. The molecule has 0 aromatic heterocycles. The summed E-state index contributed by atoms with van der Waals surface area (Å²) in [5, 5.41) is 0.589. The van der Waals surface area contributed by atoms with Crippen LogP contribution in [0.5, 0.6) is 0 Å². The number of imide groups is 1. The minimum Gasteiger partial charge on any atom is -0.362 e. The van der Waals surface area contributed by atoms with Crippen LogP contribution in [0.3, 0.4) is 0 Å². The summed E-state index contributed by atoms with van der Waals surface area (Å²) in [5.74, 6) is -0.565. The Kier molecular flexibility index (Phi) is 5.10. The van der Waals surface area contributed by atoms with Crippen LogP contribution >= 0.6 is 11.6 Å². The lowest BCUT2D eigenvalue weighted by atomic mass is 9.98. The van der Waals surface area contributed by atoms with Gasteiger partial charge in [0.1, 0.15) is 5.70 Å². The first-order valence-corrected chi connectivity index (χ1v) is 11.1. The fourth-order valence-electron chi connectivity index (χ4n) is 4.65. The van der Waals surface area contributed by atoms with E-state index in [1.165, 1.54) is 16.0 Å². The van der Waals surface area contributed by atoms with Gasteiger partial charge < -0.3 is 4.90 Å². The lowest BCUT2D eigenvalue weighted by Crippen LogP contribution is -2.37. The Labute approximate surface area is 192 Å². The van der Waals surface area contributed by atoms with Crippen molar-refractivity contribution >= 4 is 34.7 Å². The molecule has 0 bridgehead atoms. The van der Waals surface area contributed by atoms with Gasteiger partial charge in [0.2, 0.25) is 0 Å². The van der Waals surface area contributed by atoms with Gasteiger partial charge in [0, 0.05) is 18.1 Å². The number of carbonyl (C=O) groups excluding carboxylic acids is 2. The molecule has 5 heteroatoms. The number of nitrogens with zero attached hydrogens (tertiary/aromatic N) is 2. The molecule has 160 valence electrons. The van der Waals surface area contributed by atoms with Crippen LogP contribution in [-0.4, -0.2) is 23.3 Å². The van der Waals surface area contributed by atoms with Crippen molar-refractivity contribution in [3.05, 3.63) is 105 Å². The molecule has 0 fully saturated rings. The third kappa shape index (κ3) is 3.41. The first kappa shape index (κ1) is 20.5. The fraction of sp³-hybridized carbons (Fsp3) is 0.185. The molecule has 2 aliphatic heterocycles. The van der Waals surface area contributed by atoms with Crippen molar-refractivity contribution in [3.8, 4) is 0 Å². The largest absolute Gasteiger partial charge is 0.362 e. The first-order chi connectivity index (χ1) is 15.4. The molecule has 0 unspecified atom stereocenters. The number of rotatable bonds is 3. The maximum atomic E-state index is 13.8. The van der Waals surface area contributed by atoms with E-state index < -0.39 is 0 Å². The summed E-state index contributed by atoms with van der Waals surface area (Å²) in [6.07, 6.45) is 0.832. The molecule has 32 heavy (non-hydrogen) atoms. The molecule has 0 saturated carbocycles. The Bertz CT molecular complexity index is 1280. The molecule has 5 rings (SSSR count). The maximum absolute atomic E-state index is 13.8. The summed E-state index contributed by atoms with van der Waals surface area (Å²) in [4.78, 5) is 30.9. The average molecular weight is 443 g/mol. The first-order valence-electron chi connectivity index (χ1n) is 10.7. The molecule has 0 atom stereocenters. The zero-order chi connectivity index (χ0) is 22.4. The van der Waals surface area contributed by atoms with Crippen molar-refractivity contribution in [2.75, 3.05) is 11.4 Å². The summed E-state index contributed by atoms with van der Waals surface area (Å²) in [6.45, 7) is 5.21. The summed E-state index contributed by atoms with van der Waals surface area (Å²) >= 11 is 6.10. The highest BCUT2D eigenvalue weighted by atomic mass is 35.5. The lowest BCUT2D eigenvalue weighted by molar-refractivity contribution is -0.120. The van der Waals surface area contributed by atoms with E-state index in [-0.39, 0.29) is 11.8 Å². The third-order valence-corrected chi connectivity index (χ3v) is 6.48. The smallest absolute Gasteiger partial charge is 0.282 e. The summed E-state index contributed by atoms with van der Waals surface area (Å²) in [7, 11) is 0. The highest BCUT2D eigenvalue weighted by molar-refractivity contribution is 6.45. The number of anilines is 1. The molecule has 2 aliphatic rings. The molecule has 0 saturated heterocycles. The van der Waals surface area contributed by atoms with Gasteiger partial charge in [-0.15, -0.1) is 0 Å². The molecule has 2 heterocycles. The normalized spacial score (nSPS) is 16.1. The van der Waals surface area contributed by atoms with Crippen molar-refractivity contribution in [3.63, 3.8) is 0 Å². The quantitative estimate of drug-likeness (QED) is 0.517. The van der Waals surface area contributed by atoms with E-state index in [4.69, 9.17) is 11.6 Å². The van der Waals surface area contributed by atoms with Crippen molar-refractivity contribution < 1.29 is 9.59 Å². The molecule has 0 aliphatic carbocycles. The average Bonchev–Trinajstić information content (AvgIpc) is 3.04. The van der Waals surface area contributed by atoms with Crippen LogP contribution in [0.25, 0.3) is 5.57 Å². The van der Waals surface area contributed by atoms with Gasteiger partial charge in [-0.1, -0.05) is 65.7 Å². The van der Waals surface area contributed by atoms with Crippen LogP contribution < -0.4 is 4.90 Å². The van der Waals surface area contributed by atoms with Gasteiger partial charge in [-0.05, 0) is 60.7 Å². The van der Waals surface area contributed by atoms with Gasteiger partial charge >= 0.3 is 0 Å². The van der Waals surface area contributed by atoms with Crippen LogP contribution in [-0.2, 0) is 22.6 Å². The summed E-state index contributed by atoms with van der Waals surface area (Å²) in [6, 6.07) is 21.2. The molecular weight excluding hydrogens is 420 g/mol. The second-order valence-electron chi connectivity index (χ2n) is 8.41. The molecular formula is C27H23ClN2O2. The van der Waals surface area contributed by atoms with Gasteiger partial charge in [0.25, 0.3) is 11.8 Å². The van der Waals surface area contributed by atoms with Crippen molar-refractivity contribution in [1.82, 2.24) is 4.90 Å². The number of hydrogen-bond acceptors (Lipinski definition) is 3. The standard InChI is InChI=1S/C27H23ClN2O2/c1-17-7-12-23(18(2)15-17)30-26(31)24(20-8-10-22(28)11-9-20)25(27(30)32)29-14-13-19-5-3-4-6-21(19)16-29/h3-12,15H,13-14,16H2,1-2H3. The highest BCUT2D eigenvalue weighted by Gasteiger charge is 2.43. The maximum Gasteiger partial charge on any atom is 0.282 e. The Morgan fingerprint density at radius 1 is 0.844 bits per heavy atom. The number of hydrogen-bond donors (Lipinski definition) is 0. The Morgan fingerprint density at radius 2 is 1.56 bits per heavy atom. The Balaban J connectivity index is 1.63. The monoisotopic (exact) mass is 442 g/mol. The van der Waals surface area contributed by atoms with Crippen molar-refractivity contribution in [2.45, 2.75) is 26.8 Å². The molecule has 3 aromatic rings. The number of amides is 2. The zero-order valence-electron chi connectivity index (χ0n) is 18.1. The molecule has 4 nitrogen and oxygen atoms in total. The molecule has 0 radical (unpaired) electrons. The number of fused-ring (bicyclic) bond motifs is 1. The number of aryl methyl sites for hydroxylation is 2. The van der Waals surface area contributed by atoms with Gasteiger partial charge in [-0.25, -0.2) is 4.90 Å². The van der Waals surface area contributed by atoms with E-state index in [1.54, 1.807) is 12.1 Å². The second-order valence-corrected chi connectivity index (χ2v) is 8.84. The van der Waals surface area contributed by atoms with E-state index in [0.717, 1.165) is 17.5 Å². The minimum atomic E-state index is -0.293. The van der Waals surface area contributed by atoms with E-state index in [0.29, 0.717) is 40.6 Å². The topological polar surface area (TPSA) is 40.6 Å². The van der Waals surface area contributed by atoms with E-state index in [1.807, 2.05) is 56.3 Å². The van der Waals surface area contributed by atoms with Crippen LogP contribution in [0.15, 0.2) is 72.4 Å². The van der Waals surface area contributed by atoms with Gasteiger partial charge in [-0.3, -0.25) is 9.59 Å². The lowest BCUT2D eigenvalue weighted by Gasteiger charge is -2.31. The molecule has 3 aromatic carbocycles. The van der Waals surface area contributed by atoms with Crippen LogP contribution in [0.4, 0.5) is 5.69 Å². The summed E-state index contributed by atoms with van der Waals surface area (Å²) in [5.41, 5.74) is 6.69. The zero-order valence-corrected chi connectivity index (χ0v) is 18.8. The molecule has 0 spiro atoms. The third-order valence-electron chi connectivity index (χ3n) is 6.23. The van der Waals surface area contributed by atoms with Gasteiger partial charge in [-0.2, -0.15) is 0 Å². The predicted octanol–water partition coefficient (Wildman–Crippen LogP) is 5.30. The predicted molar refractivity (Wildman–Crippen MR) is 127 cm³/mol. The van der Waals surface area contributed by atoms with Crippen LogP contribution in [0, 0.1) is 13.8 Å². The molecule has 2 amide bonds. The van der Waals surface area contributed by atoms with Crippen molar-refractivity contribution in [1.29, 1.82) is 0 Å². The van der Waals surface area contributed by atoms with Gasteiger partial charge in [0.05, 0.1) is 11.3 Å². The van der Waals surface area contributed by atoms with Gasteiger partial charge in [0.15, 0.2) is 0 Å². The highest BCUT2D eigenvalue weighted by Crippen LogP contribution is 2.38. The van der Waals surface area contributed by atoms with Crippen molar-refractivity contribution in [2.24, 2.45) is 0 Å². The second kappa shape index (κ2) is 7.95. The van der Waals surface area contributed by atoms with E-state index in [2.05, 4.69) is 17.0 Å². The van der Waals surface area contributed by atoms with Crippen LogP contribution in [0.2, 0.25) is 5.02 Å². The molecule has 0 N–H and O–H groups in total. The SMILES string of the molecule is Cc1ccc(N2C(=O)C(c3ccc(Cl)cc3)=C(N3CCc4ccccc4C3)C2=O)c(C)c1. The Hall–Kier alpha value is -3.37. The summed E-state index contributed by atoms with van der Waals surface area (Å²) < 4.78 is 0. The fourth-order valence-corrected chi connectivity index (χ4v) is 4.78.